The van der Waals surface area contributed by atoms with E-state index in [4.69, 9.17) is 10.5 Å². The maximum atomic E-state index is 5.88. The Labute approximate surface area is 93.5 Å². The molecule has 80 valence electrons. The topological polar surface area (TPSA) is 47.6 Å². The van der Waals surface area contributed by atoms with Gasteiger partial charge in [-0.15, -0.1) is 0 Å². The van der Waals surface area contributed by atoms with Gasteiger partial charge >= 0.3 is 0 Å². The lowest BCUT2D eigenvalue weighted by atomic mass is 10.3. The molecule has 1 unspecified atom stereocenters. The van der Waals surface area contributed by atoms with E-state index in [1.54, 1.807) is 6.21 Å². The second kappa shape index (κ2) is 5.51. The van der Waals surface area contributed by atoms with Gasteiger partial charge in [0.2, 0.25) is 0 Å². The summed E-state index contributed by atoms with van der Waals surface area (Å²) in [5, 5.41) is 0. The van der Waals surface area contributed by atoms with E-state index < -0.39 is 0 Å². The third-order valence-corrected chi connectivity index (χ3v) is 2.76. The standard InChI is InChI=1S/C10H17BrN2O/c1-3-14-7(2)13-6-9(11)10(12)8-4-5-8/h6-8H,3-5,12H2,1-2H3. The highest BCUT2D eigenvalue weighted by Crippen LogP contribution is 2.35. The zero-order valence-corrected chi connectivity index (χ0v) is 10.3. The van der Waals surface area contributed by atoms with Crippen LogP contribution in [0.1, 0.15) is 26.7 Å². The Morgan fingerprint density at radius 3 is 2.86 bits per heavy atom. The van der Waals surface area contributed by atoms with Crippen molar-refractivity contribution >= 4 is 22.1 Å². The minimum absolute atomic E-state index is 0.0976. The molecule has 0 heterocycles. The molecule has 1 rings (SSSR count). The Kier molecular flexibility index (Phi) is 4.62. The molecule has 1 atom stereocenters. The molecule has 1 fully saturated rings. The summed E-state index contributed by atoms with van der Waals surface area (Å²) in [6.45, 7) is 4.54. The lowest BCUT2D eigenvalue weighted by Gasteiger charge is -2.05. The van der Waals surface area contributed by atoms with Crippen molar-refractivity contribution < 1.29 is 4.74 Å². The maximum Gasteiger partial charge on any atom is 0.145 e. The van der Waals surface area contributed by atoms with Crippen LogP contribution >= 0.6 is 15.9 Å². The lowest BCUT2D eigenvalue weighted by Crippen LogP contribution is -2.06. The van der Waals surface area contributed by atoms with Crippen LogP contribution < -0.4 is 5.73 Å². The van der Waals surface area contributed by atoms with E-state index >= 15 is 0 Å². The van der Waals surface area contributed by atoms with Crippen LogP contribution in [-0.4, -0.2) is 19.0 Å². The molecular weight excluding hydrogens is 244 g/mol. The molecular formula is C10H17BrN2O. The van der Waals surface area contributed by atoms with Crippen molar-refractivity contribution in [1.29, 1.82) is 0 Å². The van der Waals surface area contributed by atoms with Crippen LogP contribution in [0.3, 0.4) is 0 Å². The summed E-state index contributed by atoms with van der Waals surface area (Å²) < 4.78 is 6.16. The molecule has 0 spiro atoms. The van der Waals surface area contributed by atoms with Crippen LogP contribution in [0.4, 0.5) is 0 Å². The molecule has 4 heteroatoms. The van der Waals surface area contributed by atoms with Crippen molar-refractivity contribution in [3.63, 3.8) is 0 Å². The third-order valence-electron chi connectivity index (χ3n) is 2.10. The first-order valence-corrected chi connectivity index (χ1v) is 5.74. The second-order valence-corrected chi connectivity index (χ2v) is 4.26. The normalized spacial score (nSPS) is 21.1. The first-order valence-electron chi connectivity index (χ1n) is 4.95. The molecule has 3 nitrogen and oxygen atoms in total. The fourth-order valence-electron chi connectivity index (χ4n) is 1.12. The first kappa shape index (κ1) is 11.7. The van der Waals surface area contributed by atoms with E-state index in [0.29, 0.717) is 12.5 Å². The molecule has 1 aliphatic carbocycles. The van der Waals surface area contributed by atoms with E-state index in [0.717, 1.165) is 10.2 Å². The predicted octanol–water partition coefficient (Wildman–Crippen LogP) is 2.41. The van der Waals surface area contributed by atoms with Crippen molar-refractivity contribution in [2.45, 2.75) is 32.9 Å². The maximum absolute atomic E-state index is 5.88. The van der Waals surface area contributed by atoms with Gasteiger partial charge in [-0.25, -0.2) is 0 Å². The Morgan fingerprint density at radius 2 is 2.36 bits per heavy atom. The van der Waals surface area contributed by atoms with E-state index in [1.165, 1.54) is 12.8 Å². The minimum Gasteiger partial charge on any atom is -0.401 e. The molecule has 0 aromatic heterocycles. The summed E-state index contributed by atoms with van der Waals surface area (Å²) in [6.07, 6.45) is 4.05. The third kappa shape index (κ3) is 3.80. The summed E-state index contributed by atoms with van der Waals surface area (Å²) in [5.41, 5.74) is 6.80. The second-order valence-electron chi connectivity index (χ2n) is 3.41. The summed E-state index contributed by atoms with van der Waals surface area (Å²) in [6, 6.07) is 0. The van der Waals surface area contributed by atoms with Gasteiger partial charge in [0, 0.05) is 18.5 Å². The highest BCUT2D eigenvalue weighted by atomic mass is 79.9. The number of aliphatic imine (C=N–C) groups is 1. The molecule has 0 aromatic rings. The Bertz CT molecular complexity index is 247. The molecule has 0 saturated heterocycles. The van der Waals surface area contributed by atoms with Gasteiger partial charge in [-0.2, -0.15) is 0 Å². The van der Waals surface area contributed by atoms with E-state index in [2.05, 4.69) is 20.9 Å². The molecule has 0 aliphatic heterocycles. The molecule has 0 aromatic carbocycles. The van der Waals surface area contributed by atoms with Crippen LogP contribution in [0, 0.1) is 5.92 Å². The van der Waals surface area contributed by atoms with Gasteiger partial charge in [-0.3, -0.25) is 4.99 Å². The fraction of sp³-hybridized carbons (Fsp3) is 0.700. The van der Waals surface area contributed by atoms with Crippen LogP contribution in [0.15, 0.2) is 15.2 Å². The van der Waals surface area contributed by atoms with Gasteiger partial charge in [-0.1, -0.05) is 0 Å². The van der Waals surface area contributed by atoms with Crippen molar-refractivity contribution in [3.8, 4) is 0 Å². The molecule has 1 saturated carbocycles. The van der Waals surface area contributed by atoms with Gasteiger partial charge < -0.3 is 10.5 Å². The molecule has 0 amide bonds. The predicted molar refractivity (Wildman–Crippen MR) is 62.4 cm³/mol. The molecule has 1 aliphatic rings. The van der Waals surface area contributed by atoms with Crippen molar-refractivity contribution in [3.05, 3.63) is 10.2 Å². The highest BCUT2D eigenvalue weighted by molar-refractivity contribution is 9.12. The van der Waals surface area contributed by atoms with Gasteiger partial charge in [-0.05, 0) is 48.5 Å². The van der Waals surface area contributed by atoms with Crippen LogP contribution in [0.2, 0.25) is 0 Å². The van der Waals surface area contributed by atoms with Crippen LogP contribution in [0.25, 0.3) is 0 Å². The van der Waals surface area contributed by atoms with E-state index in [-0.39, 0.29) is 6.23 Å². The number of hydrogen-bond donors (Lipinski definition) is 1. The Hall–Kier alpha value is -0.350. The van der Waals surface area contributed by atoms with Crippen molar-refractivity contribution in [1.82, 2.24) is 0 Å². The number of rotatable bonds is 5. The van der Waals surface area contributed by atoms with Crippen LogP contribution in [0.5, 0.6) is 0 Å². The van der Waals surface area contributed by atoms with E-state index in [1.807, 2.05) is 13.8 Å². The number of nitrogens with two attached hydrogens (primary N) is 1. The fourth-order valence-corrected chi connectivity index (χ4v) is 1.56. The van der Waals surface area contributed by atoms with Gasteiger partial charge in [0.1, 0.15) is 6.23 Å². The number of halogens is 1. The smallest absolute Gasteiger partial charge is 0.145 e. The average molecular weight is 261 g/mol. The SMILES string of the molecule is CCOC(C)N=CC(Br)=C(N)C1CC1. The number of ether oxygens (including phenoxy) is 1. The summed E-state index contributed by atoms with van der Waals surface area (Å²) >= 11 is 3.41. The highest BCUT2D eigenvalue weighted by Gasteiger charge is 2.25. The quantitative estimate of drug-likeness (QED) is 0.772. The lowest BCUT2D eigenvalue weighted by molar-refractivity contribution is 0.0836. The molecule has 14 heavy (non-hydrogen) atoms. The zero-order chi connectivity index (χ0) is 10.6. The first-order chi connectivity index (χ1) is 6.65. The minimum atomic E-state index is -0.0976. The van der Waals surface area contributed by atoms with Gasteiger partial charge in [0.25, 0.3) is 0 Å². The van der Waals surface area contributed by atoms with Gasteiger partial charge in [0.05, 0.1) is 4.48 Å². The molecule has 0 bridgehead atoms. The largest absolute Gasteiger partial charge is 0.401 e. The number of allylic oxidation sites excluding steroid dienone is 2. The van der Waals surface area contributed by atoms with Crippen molar-refractivity contribution in [2.75, 3.05) is 6.61 Å². The number of hydrogen-bond acceptors (Lipinski definition) is 3. The number of nitrogens with zero attached hydrogens (tertiary/aromatic N) is 1. The molecule has 0 radical (unpaired) electrons. The van der Waals surface area contributed by atoms with E-state index in [9.17, 15) is 0 Å². The summed E-state index contributed by atoms with van der Waals surface area (Å²) in [4.78, 5) is 4.21. The van der Waals surface area contributed by atoms with Crippen LogP contribution in [-0.2, 0) is 4.74 Å². The Balaban J connectivity index is 2.45. The Morgan fingerprint density at radius 1 is 1.71 bits per heavy atom. The monoisotopic (exact) mass is 260 g/mol. The molecule has 2 N–H and O–H groups in total. The summed E-state index contributed by atoms with van der Waals surface area (Å²) in [5.74, 6) is 0.568. The average Bonchev–Trinajstić information content (AvgIpc) is 2.96. The summed E-state index contributed by atoms with van der Waals surface area (Å²) in [7, 11) is 0. The van der Waals surface area contributed by atoms with Crippen molar-refractivity contribution in [2.24, 2.45) is 16.6 Å². The van der Waals surface area contributed by atoms with Gasteiger partial charge in [0.15, 0.2) is 0 Å². The zero-order valence-electron chi connectivity index (χ0n) is 8.66.